The topological polar surface area (TPSA) is 81.1 Å². The Morgan fingerprint density at radius 1 is 0.676 bits per heavy atom. The Morgan fingerprint density at radius 3 is 1.54 bits per heavy atom. The second-order valence-corrected chi connectivity index (χ2v) is 11.1. The van der Waals surface area contributed by atoms with Crippen LogP contribution in [0.5, 0.6) is 0 Å². The lowest BCUT2D eigenvalue weighted by Gasteiger charge is -2.55. The van der Waals surface area contributed by atoms with Gasteiger partial charge in [-0.15, -0.1) is 0 Å². The van der Waals surface area contributed by atoms with E-state index in [9.17, 15) is 4.79 Å². The average Bonchev–Trinajstić information content (AvgIpc) is 2.88. The molecule has 0 atom stereocenters. The van der Waals surface area contributed by atoms with Crippen molar-refractivity contribution in [2.24, 2.45) is 23.2 Å². The third-order valence-corrected chi connectivity index (χ3v) is 8.33. The minimum atomic E-state index is -0.256. The molecule has 0 aromatic heterocycles. The van der Waals surface area contributed by atoms with E-state index in [1.54, 1.807) is 0 Å². The van der Waals surface area contributed by atoms with Crippen LogP contribution >= 0.6 is 0 Å². The smallest absolute Gasteiger partial charge is 0.230 e. The quantitative estimate of drug-likeness (QED) is 0.317. The van der Waals surface area contributed by atoms with E-state index in [2.05, 4.69) is 29.0 Å². The predicted octanol–water partition coefficient (Wildman–Crippen LogP) is 5.81. The maximum absolute atomic E-state index is 14.0. The maximum Gasteiger partial charge on any atom is 0.230 e. The fourth-order valence-electron chi connectivity index (χ4n) is 6.94. The standard InChI is InChI=1S/C33H31N3O/c34-29-12-6-22(7-13-29)4-10-27-2-1-3-28(11-5-23-8-14-30(35)15-9-23)31(27)36-32(37)33-19-24-16-25(20-33)18-26(17-24)21-33/h1-3,6-9,12-15,24-26H,16-21,34-35H2,(H,36,37). The summed E-state index contributed by atoms with van der Waals surface area (Å²) < 4.78 is 0. The van der Waals surface area contributed by atoms with Gasteiger partial charge >= 0.3 is 0 Å². The molecule has 4 saturated carbocycles. The highest BCUT2D eigenvalue weighted by atomic mass is 16.2. The van der Waals surface area contributed by atoms with E-state index < -0.39 is 0 Å². The molecule has 5 N–H and O–H groups in total. The molecule has 4 aliphatic carbocycles. The van der Waals surface area contributed by atoms with Crippen molar-refractivity contribution in [3.63, 3.8) is 0 Å². The molecule has 0 aliphatic heterocycles. The normalized spacial score (nSPS) is 24.9. The SMILES string of the molecule is Nc1ccc(C#Cc2cccc(C#Cc3ccc(N)cc3)c2NC(=O)C23CC4CC(CC(C4)C2)C3)cc1. The first kappa shape index (κ1) is 23.3. The van der Waals surface area contributed by atoms with Crippen LogP contribution in [0.1, 0.15) is 60.8 Å². The minimum absolute atomic E-state index is 0.142. The third-order valence-electron chi connectivity index (χ3n) is 8.33. The number of hydrogen-bond donors (Lipinski definition) is 3. The Morgan fingerprint density at radius 2 is 1.11 bits per heavy atom. The lowest BCUT2D eigenvalue weighted by atomic mass is 9.49. The molecule has 0 unspecified atom stereocenters. The van der Waals surface area contributed by atoms with Crippen LogP contribution in [0.4, 0.5) is 17.1 Å². The molecule has 37 heavy (non-hydrogen) atoms. The number of benzene rings is 3. The van der Waals surface area contributed by atoms with Crippen LogP contribution < -0.4 is 16.8 Å². The Hall–Kier alpha value is -4.15. The molecular formula is C33H31N3O. The van der Waals surface area contributed by atoms with Crippen molar-refractivity contribution in [1.82, 2.24) is 0 Å². The summed E-state index contributed by atoms with van der Waals surface area (Å²) in [7, 11) is 0. The molecule has 4 nitrogen and oxygen atoms in total. The van der Waals surface area contributed by atoms with Crippen LogP contribution in [0.3, 0.4) is 0 Å². The number of nitrogens with two attached hydrogens (primary N) is 2. The minimum Gasteiger partial charge on any atom is -0.399 e. The van der Waals surface area contributed by atoms with Gasteiger partial charge in [0.25, 0.3) is 0 Å². The fourth-order valence-corrected chi connectivity index (χ4v) is 6.94. The highest BCUT2D eigenvalue weighted by molar-refractivity contribution is 5.98. The number of nitrogen functional groups attached to an aromatic ring is 2. The first-order valence-electron chi connectivity index (χ1n) is 13.2. The van der Waals surface area contributed by atoms with Crippen LogP contribution in [0, 0.1) is 46.9 Å². The Bertz CT molecular complexity index is 1350. The number of hydrogen-bond acceptors (Lipinski definition) is 3. The van der Waals surface area contributed by atoms with Crippen LogP contribution in [0.15, 0.2) is 66.7 Å². The second kappa shape index (κ2) is 9.38. The van der Waals surface area contributed by atoms with Crippen LogP contribution in [-0.2, 0) is 4.79 Å². The number of anilines is 3. The molecule has 184 valence electrons. The van der Waals surface area contributed by atoms with E-state index in [4.69, 9.17) is 11.5 Å². The Balaban J connectivity index is 1.36. The lowest BCUT2D eigenvalue weighted by Crippen LogP contribution is -2.51. The van der Waals surface area contributed by atoms with E-state index in [0.29, 0.717) is 34.8 Å². The molecule has 0 saturated heterocycles. The van der Waals surface area contributed by atoms with E-state index in [1.165, 1.54) is 19.3 Å². The summed E-state index contributed by atoms with van der Waals surface area (Å²) in [5.41, 5.74) is 16.8. The molecule has 3 aromatic rings. The van der Waals surface area contributed by atoms with Gasteiger partial charge in [-0.2, -0.15) is 0 Å². The Kier molecular flexibility index (Phi) is 5.90. The molecule has 4 heteroatoms. The Labute approximate surface area is 218 Å². The molecule has 1 amide bonds. The second-order valence-electron chi connectivity index (χ2n) is 11.1. The highest BCUT2D eigenvalue weighted by Crippen LogP contribution is 2.60. The summed E-state index contributed by atoms with van der Waals surface area (Å²) >= 11 is 0. The summed E-state index contributed by atoms with van der Waals surface area (Å²) in [6.45, 7) is 0. The van der Waals surface area contributed by atoms with Crippen LogP contribution in [0.2, 0.25) is 0 Å². The van der Waals surface area contributed by atoms with Gasteiger partial charge in [0.2, 0.25) is 5.91 Å². The van der Waals surface area contributed by atoms with Gasteiger partial charge in [-0.3, -0.25) is 4.79 Å². The van der Waals surface area contributed by atoms with Crippen molar-refractivity contribution in [1.29, 1.82) is 0 Å². The summed E-state index contributed by atoms with van der Waals surface area (Å²) in [6.07, 6.45) is 6.93. The lowest BCUT2D eigenvalue weighted by molar-refractivity contribution is -0.140. The predicted molar refractivity (Wildman–Crippen MR) is 149 cm³/mol. The first-order valence-corrected chi connectivity index (χ1v) is 13.2. The maximum atomic E-state index is 14.0. The van der Waals surface area contributed by atoms with Gasteiger partial charge in [-0.1, -0.05) is 29.7 Å². The molecular weight excluding hydrogens is 454 g/mol. The monoisotopic (exact) mass is 485 g/mol. The number of nitrogens with one attached hydrogen (secondary N) is 1. The van der Waals surface area contributed by atoms with E-state index in [0.717, 1.165) is 41.5 Å². The molecule has 4 fully saturated rings. The third kappa shape index (κ3) is 4.81. The molecule has 4 aliphatic rings. The summed E-state index contributed by atoms with van der Waals surface area (Å²) in [6, 6.07) is 20.8. The zero-order valence-corrected chi connectivity index (χ0v) is 20.9. The van der Waals surface area contributed by atoms with Crippen LogP contribution in [0.25, 0.3) is 0 Å². The van der Waals surface area contributed by atoms with Gasteiger partial charge in [-0.25, -0.2) is 0 Å². The molecule has 0 spiro atoms. The van der Waals surface area contributed by atoms with Gasteiger partial charge in [-0.05, 0) is 117 Å². The highest BCUT2D eigenvalue weighted by Gasteiger charge is 2.54. The zero-order chi connectivity index (χ0) is 25.4. The van der Waals surface area contributed by atoms with Gasteiger partial charge in [0.15, 0.2) is 0 Å². The first-order chi connectivity index (χ1) is 18.0. The van der Waals surface area contributed by atoms with Gasteiger partial charge in [0, 0.05) is 33.6 Å². The van der Waals surface area contributed by atoms with E-state index >= 15 is 0 Å². The van der Waals surface area contributed by atoms with Crippen molar-refractivity contribution in [3.05, 3.63) is 89.0 Å². The van der Waals surface area contributed by atoms with E-state index in [-0.39, 0.29) is 11.3 Å². The number of amides is 1. The van der Waals surface area contributed by atoms with Crippen molar-refractivity contribution in [2.45, 2.75) is 38.5 Å². The van der Waals surface area contributed by atoms with Gasteiger partial charge in [0.05, 0.1) is 11.1 Å². The largest absolute Gasteiger partial charge is 0.399 e. The molecule has 4 bridgehead atoms. The summed E-state index contributed by atoms with van der Waals surface area (Å²) in [4.78, 5) is 14.0. The summed E-state index contributed by atoms with van der Waals surface area (Å²) in [5, 5.41) is 3.34. The summed E-state index contributed by atoms with van der Waals surface area (Å²) in [5.74, 6) is 15.3. The van der Waals surface area contributed by atoms with Crippen molar-refractivity contribution < 1.29 is 4.79 Å². The van der Waals surface area contributed by atoms with Crippen molar-refractivity contribution in [3.8, 4) is 23.7 Å². The molecule has 0 heterocycles. The average molecular weight is 486 g/mol. The zero-order valence-electron chi connectivity index (χ0n) is 20.9. The number of para-hydroxylation sites is 1. The number of carbonyl (C=O) groups excluding carboxylic acids is 1. The molecule has 0 radical (unpaired) electrons. The van der Waals surface area contributed by atoms with Gasteiger partial charge < -0.3 is 16.8 Å². The van der Waals surface area contributed by atoms with Gasteiger partial charge in [0.1, 0.15) is 0 Å². The fraction of sp³-hybridized carbons (Fsp3) is 0.303. The number of rotatable bonds is 2. The number of carbonyl (C=O) groups is 1. The van der Waals surface area contributed by atoms with E-state index in [1.807, 2.05) is 66.7 Å². The van der Waals surface area contributed by atoms with Crippen molar-refractivity contribution >= 4 is 23.0 Å². The molecule has 7 rings (SSSR count). The molecule has 3 aromatic carbocycles. The van der Waals surface area contributed by atoms with Crippen LogP contribution in [-0.4, -0.2) is 5.91 Å². The van der Waals surface area contributed by atoms with Crippen molar-refractivity contribution in [2.75, 3.05) is 16.8 Å².